The Labute approximate surface area is 93.0 Å². The van der Waals surface area contributed by atoms with Crippen molar-refractivity contribution in [2.45, 2.75) is 40.4 Å². The maximum Gasteiger partial charge on any atom is 0.163 e. The maximum atomic E-state index is 5.66. The molecule has 0 fully saturated rings. The number of rotatable bonds is 3. The number of hydrogen-bond donors (Lipinski definition) is 0. The summed E-state index contributed by atoms with van der Waals surface area (Å²) in [6.45, 7) is 9.91. The molecule has 0 unspecified atom stereocenters. The van der Waals surface area contributed by atoms with Gasteiger partial charge in [0.1, 0.15) is 0 Å². The number of allylic oxidation sites excluding steroid dienone is 2. The van der Waals surface area contributed by atoms with Crippen molar-refractivity contribution in [1.82, 2.24) is 0 Å². The lowest BCUT2D eigenvalue weighted by atomic mass is 9.87. The first kappa shape index (κ1) is 12.5. The predicted molar refractivity (Wildman–Crippen MR) is 62.7 cm³/mol. The summed E-state index contributed by atoms with van der Waals surface area (Å²) in [6, 6.07) is 0. The molecule has 1 rings (SSSR count). The van der Waals surface area contributed by atoms with Crippen molar-refractivity contribution in [3.63, 3.8) is 0 Å². The molecule has 2 heteroatoms. The Morgan fingerprint density at radius 2 is 1.80 bits per heavy atom. The van der Waals surface area contributed by atoms with Gasteiger partial charge < -0.3 is 9.47 Å². The third kappa shape index (κ3) is 4.18. The topological polar surface area (TPSA) is 18.5 Å². The zero-order valence-electron chi connectivity index (χ0n) is 10.2. The van der Waals surface area contributed by atoms with Gasteiger partial charge in [0.2, 0.25) is 0 Å². The van der Waals surface area contributed by atoms with Gasteiger partial charge in [-0.2, -0.15) is 0 Å². The lowest BCUT2D eigenvalue weighted by Crippen LogP contribution is -2.33. The Bertz CT molecular complexity index is 237. The third-order valence-electron chi connectivity index (χ3n) is 2.53. The van der Waals surface area contributed by atoms with Crippen molar-refractivity contribution in [2.75, 3.05) is 13.2 Å². The minimum Gasteiger partial charge on any atom is -0.348 e. The molecule has 1 heterocycles. The molecule has 0 N–H and O–H groups in total. The summed E-state index contributed by atoms with van der Waals surface area (Å²) in [5.41, 5.74) is 1.37. The van der Waals surface area contributed by atoms with E-state index >= 15 is 0 Å². The molecule has 2 nitrogen and oxygen atoms in total. The van der Waals surface area contributed by atoms with E-state index in [1.54, 1.807) is 0 Å². The molecule has 0 atom stereocenters. The molecule has 0 aliphatic carbocycles. The summed E-state index contributed by atoms with van der Waals surface area (Å²) in [4.78, 5) is 0. The molecule has 15 heavy (non-hydrogen) atoms. The summed E-state index contributed by atoms with van der Waals surface area (Å²) in [6.07, 6.45) is 7.14. The standard InChI is InChI=1S/C13H22O2/c1-11(2)7-8-13(3,4)12-14-9-5-6-10-15-12/h5-7,12H,8-10H2,1-4H3. The van der Waals surface area contributed by atoms with Gasteiger partial charge in [-0.15, -0.1) is 0 Å². The van der Waals surface area contributed by atoms with E-state index < -0.39 is 0 Å². The summed E-state index contributed by atoms with van der Waals surface area (Å²) in [5.74, 6) is 0. The Morgan fingerprint density at radius 3 is 2.27 bits per heavy atom. The molecule has 0 amide bonds. The normalized spacial score (nSPS) is 18.7. The van der Waals surface area contributed by atoms with Gasteiger partial charge in [0.05, 0.1) is 13.2 Å². The highest BCUT2D eigenvalue weighted by Gasteiger charge is 2.30. The Morgan fingerprint density at radius 1 is 1.27 bits per heavy atom. The van der Waals surface area contributed by atoms with E-state index in [0.29, 0.717) is 13.2 Å². The first-order valence-electron chi connectivity index (χ1n) is 5.54. The summed E-state index contributed by atoms with van der Waals surface area (Å²) in [5, 5.41) is 0. The van der Waals surface area contributed by atoms with E-state index in [1.165, 1.54) is 5.57 Å². The first-order valence-corrected chi connectivity index (χ1v) is 5.54. The van der Waals surface area contributed by atoms with Gasteiger partial charge in [0, 0.05) is 5.41 Å². The van der Waals surface area contributed by atoms with Gasteiger partial charge in [0.15, 0.2) is 6.29 Å². The molecule has 0 radical (unpaired) electrons. The fourth-order valence-corrected chi connectivity index (χ4v) is 1.48. The maximum absolute atomic E-state index is 5.66. The van der Waals surface area contributed by atoms with Gasteiger partial charge in [0.25, 0.3) is 0 Å². The van der Waals surface area contributed by atoms with Crippen LogP contribution in [0, 0.1) is 5.41 Å². The highest BCUT2D eigenvalue weighted by atomic mass is 16.7. The van der Waals surface area contributed by atoms with Crippen molar-refractivity contribution in [1.29, 1.82) is 0 Å². The number of ether oxygens (including phenoxy) is 2. The predicted octanol–water partition coefficient (Wildman–Crippen LogP) is 3.30. The molecular formula is C13H22O2. The molecule has 0 saturated carbocycles. The lowest BCUT2D eigenvalue weighted by molar-refractivity contribution is -0.182. The summed E-state index contributed by atoms with van der Waals surface area (Å²) in [7, 11) is 0. The van der Waals surface area contributed by atoms with E-state index in [0.717, 1.165) is 6.42 Å². The van der Waals surface area contributed by atoms with Gasteiger partial charge in [-0.25, -0.2) is 0 Å². The van der Waals surface area contributed by atoms with E-state index in [9.17, 15) is 0 Å². The summed E-state index contributed by atoms with van der Waals surface area (Å²) < 4.78 is 11.3. The average molecular weight is 210 g/mol. The van der Waals surface area contributed by atoms with Crippen molar-refractivity contribution < 1.29 is 9.47 Å². The zero-order valence-corrected chi connectivity index (χ0v) is 10.2. The second kappa shape index (κ2) is 5.47. The van der Waals surface area contributed by atoms with Gasteiger partial charge >= 0.3 is 0 Å². The molecule has 0 aromatic carbocycles. The second-order valence-corrected chi connectivity index (χ2v) is 4.94. The molecule has 0 bridgehead atoms. The lowest BCUT2D eigenvalue weighted by Gasteiger charge is -2.32. The van der Waals surface area contributed by atoms with Crippen LogP contribution in [-0.4, -0.2) is 19.5 Å². The van der Waals surface area contributed by atoms with E-state index in [4.69, 9.17) is 9.47 Å². The van der Waals surface area contributed by atoms with Crippen molar-refractivity contribution in [2.24, 2.45) is 5.41 Å². The van der Waals surface area contributed by atoms with Crippen molar-refractivity contribution in [3.05, 3.63) is 23.8 Å². The fraction of sp³-hybridized carbons (Fsp3) is 0.692. The van der Waals surface area contributed by atoms with Crippen LogP contribution in [0.5, 0.6) is 0 Å². The van der Waals surface area contributed by atoms with Crippen LogP contribution < -0.4 is 0 Å². The van der Waals surface area contributed by atoms with Crippen LogP contribution in [0.25, 0.3) is 0 Å². The zero-order chi connectivity index (χ0) is 11.3. The van der Waals surface area contributed by atoms with E-state index in [2.05, 4.69) is 33.8 Å². The van der Waals surface area contributed by atoms with Gasteiger partial charge in [-0.05, 0) is 20.3 Å². The third-order valence-corrected chi connectivity index (χ3v) is 2.53. The van der Waals surface area contributed by atoms with E-state index in [-0.39, 0.29) is 11.7 Å². The minimum absolute atomic E-state index is 0.0310. The highest BCUT2D eigenvalue weighted by Crippen LogP contribution is 2.30. The van der Waals surface area contributed by atoms with Crippen molar-refractivity contribution >= 4 is 0 Å². The quantitative estimate of drug-likeness (QED) is 0.665. The van der Waals surface area contributed by atoms with Crippen LogP contribution in [-0.2, 0) is 9.47 Å². The Balaban J connectivity index is 2.55. The van der Waals surface area contributed by atoms with Crippen LogP contribution in [0.2, 0.25) is 0 Å². The molecule has 0 aromatic heterocycles. The fourth-order valence-electron chi connectivity index (χ4n) is 1.48. The molecule has 0 saturated heterocycles. The Hall–Kier alpha value is -0.600. The molecular weight excluding hydrogens is 188 g/mol. The SMILES string of the molecule is CC(C)=CCC(C)(C)C1OCC=CCO1. The molecule has 1 aliphatic rings. The Kier molecular flexibility index (Phi) is 4.55. The van der Waals surface area contributed by atoms with Crippen LogP contribution in [0.1, 0.15) is 34.1 Å². The molecule has 1 aliphatic heterocycles. The van der Waals surface area contributed by atoms with Gasteiger partial charge in [-0.1, -0.05) is 37.6 Å². The average Bonchev–Trinajstić information content (AvgIpc) is 2.43. The highest BCUT2D eigenvalue weighted by molar-refractivity contribution is 4.97. The molecule has 86 valence electrons. The minimum atomic E-state index is -0.108. The van der Waals surface area contributed by atoms with Crippen LogP contribution >= 0.6 is 0 Å². The van der Waals surface area contributed by atoms with Crippen LogP contribution in [0.15, 0.2) is 23.8 Å². The molecule has 0 aromatic rings. The van der Waals surface area contributed by atoms with Crippen LogP contribution in [0.3, 0.4) is 0 Å². The largest absolute Gasteiger partial charge is 0.348 e. The van der Waals surface area contributed by atoms with E-state index in [1.807, 2.05) is 12.2 Å². The first-order chi connectivity index (χ1) is 7.02. The van der Waals surface area contributed by atoms with Crippen molar-refractivity contribution in [3.8, 4) is 0 Å². The summed E-state index contributed by atoms with van der Waals surface area (Å²) >= 11 is 0. The monoisotopic (exact) mass is 210 g/mol. The molecule has 0 spiro atoms. The second-order valence-electron chi connectivity index (χ2n) is 4.94. The smallest absolute Gasteiger partial charge is 0.163 e. The van der Waals surface area contributed by atoms with Gasteiger partial charge in [-0.3, -0.25) is 0 Å². The van der Waals surface area contributed by atoms with Crippen LogP contribution in [0.4, 0.5) is 0 Å². The number of hydrogen-bond acceptors (Lipinski definition) is 2.